The Labute approximate surface area is 182 Å². The highest BCUT2D eigenvalue weighted by Crippen LogP contribution is 2.23. The van der Waals surface area contributed by atoms with E-state index in [4.69, 9.17) is 9.47 Å². The maximum absolute atomic E-state index is 12.1. The minimum absolute atomic E-state index is 0.326. The van der Waals surface area contributed by atoms with Gasteiger partial charge in [0.1, 0.15) is 12.4 Å². The van der Waals surface area contributed by atoms with Crippen LogP contribution in [0.15, 0.2) is 30.3 Å². The van der Waals surface area contributed by atoms with Crippen LogP contribution in [0.1, 0.15) is 95.5 Å². The van der Waals surface area contributed by atoms with E-state index in [9.17, 15) is 4.79 Å². The maximum atomic E-state index is 12.1. The average Bonchev–Trinajstić information content (AvgIpc) is 3.08. The van der Waals surface area contributed by atoms with Crippen molar-refractivity contribution in [2.75, 3.05) is 13.7 Å². The summed E-state index contributed by atoms with van der Waals surface area (Å²) in [5.74, 6) is -0.326. The van der Waals surface area contributed by atoms with Crippen molar-refractivity contribution in [3.63, 3.8) is 0 Å². The van der Waals surface area contributed by atoms with Crippen LogP contribution >= 0.6 is 0 Å². The van der Waals surface area contributed by atoms with Crippen molar-refractivity contribution in [2.24, 2.45) is 5.41 Å². The summed E-state index contributed by atoms with van der Waals surface area (Å²) in [5.41, 5.74) is 2.03. The standard InChI is InChI=1S/C26H41NO3/c1-26(2,3)18-14-10-8-6-5-7-9-11-15-19-30-21-27-23-17-13-12-16-22(23)20-24(27)25(28)29-4/h12-13,16-17,20H,5-11,14-15,18-19,21H2,1-4H3. The molecule has 2 aromatic rings. The summed E-state index contributed by atoms with van der Waals surface area (Å²) in [7, 11) is 1.41. The van der Waals surface area contributed by atoms with Crippen LogP contribution in [0.25, 0.3) is 10.9 Å². The van der Waals surface area contributed by atoms with Gasteiger partial charge in [0.05, 0.1) is 12.6 Å². The molecule has 0 bridgehead atoms. The zero-order valence-electron chi connectivity index (χ0n) is 19.5. The normalized spacial score (nSPS) is 11.9. The van der Waals surface area contributed by atoms with Gasteiger partial charge in [0.15, 0.2) is 0 Å². The molecule has 30 heavy (non-hydrogen) atoms. The average molecular weight is 416 g/mol. The Morgan fingerprint density at radius 1 is 0.900 bits per heavy atom. The number of ether oxygens (including phenoxy) is 2. The number of rotatable bonds is 14. The number of carbonyl (C=O) groups is 1. The zero-order chi connectivity index (χ0) is 21.8. The molecule has 0 radical (unpaired) electrons. The lowest BCUT2D eigenvalue weighted by atomic mass is 9.89. The fourth-order valence-electron chi connectivity index (χ4n) is 3.88. The molecule has 0 saturated carbocycles. The second-order valence-corrected chi connectivity index (χ2v) is 9.54. The molecule has 168 valence electrons. The van der Waals surface area contributed by atoms with Crippen LogP contribution in [-0.4, -0.2) is 24.3 Å². The summed E-state index contributed by atoms with van der Waals surface area (Å²) >= 11 is 0. The molecule has 0 fully saturated rings. The fourth-order valence-corrected chi connectivity index (χ4v) is 3.88. The summed E-state index contributed by atoms with van der Waals surface area (Å²) in [5, 5.41) is 1.03. The van der Waals surface area contributed by atoms with Gasteiger partial charge < -0.3 is 14.0 Å². The molecule has 1 aromatic carbocycles. The molecule has 0 amide bonds. The summed E-state index contributed by atoms with van der Waals surface area (Å²) in [6.45, 7) is 8.09. The van der Waals surface area contributed by atoms with Crippen molar-refractivity contribution in [3.05, 3.63) is 36.0 Å². The van der Waals surface area contributed by atoms with E-state index in [1.165, 1.54) is 64.9 Å². The van der Waals surface area contributed by atoms with Crippen molar-refractivity contribution >= 4 is 16.9 Å². The largest absolute Gasteiger partial charge is 0.464 e. The molecule has 0 aliphatic carbocycles. The first-order valence-electron chi connectivity index (χ1n) is 11.7. The predicted molar refractivity (Wildman–Crippen MR) is 125 cm³/mol. The number of methoxy groups -OCH3 is 1. The van der Waals surface area contributed by atoms with Gasteiger partial charge in [0.2, 0.25) is 0 Å². The molecule has 1 aromatic heterocycles. The van der Waals surface area contributed by atoms with Gasteiger partial charge in [-0.1, -0.05) is 90.3 Å². The molecule has 0 atom stereocenters. The summed E-state index contributed by atoms with van der Waals surface area (Å²) < 4.78 is 12.7. The van der Waals surface area contributed by atoms with Gasteiger partial charge in [-0.05, 0) is 30.4 Å². The van der Waals surface area contributed by atoms with Crippen LogP contribution in [0.5, 0.6) is 0 Å². The number of hydrogen-bond acceptors (Lipinski definition) is 3. The quantitative estimate of drug-likeness (QED) is 0.239. The Morgan fingerprint density at radius 2 is 1.50 bits per heavy atom. The smallest absolute Gasteiger partial charge is 0.354 e. The van der Waals surface area contributed by atoms with Crippen LogP contribution in [0.3, 0.4) is 0 Å². The predicted octanol–water partition coefficient (Wildman–Crippen LogP) is 7.35. The second kappa shape index (κ2) is 12.8. The summed E-state index contributed by atoms with van der Waals surface area (Å²) in [4.78, 5) is 12.1. The molecule has 1 heterocycles. The van der Waals surface area contributed by atoms with E-state index in [-0.39, 0.29) is 5.97 Å². The molecule has 4 heteroatoms. The highest BCUT2D eigenvalue weighted by atomic mass is 16.5. The minimum atomic E-state index is -0.326. The molecule has 2 rings (SSSR count). The lowest BCUT2D eigenvalue weighted by Gasteiger charge is -2.17. The van der Waals surface area contributed by atoms with Crippen LogP contribution in [0.4, 0.5) is 0 Å². The van der Waals surface area contributed by atoms with Gasteiger partial charge in [-0.2, -0.15) is 0 Å². The van der Waals surface area contributed by atoms with E-state index < -0.39 is 0 Å². The third-order valence-electron chi connectivity index (χ3n) is 5.64. The van der Waals surface area contributed by atoms with Crippen molar-refractivity contribution in [2.45, 2.75) is 91.7 Å². The Morgan fingerprint density at radius 3 is 2.13 bits per heavy atom. The van der Waals surface area contributed by atoms with Crippen molar-refractivity contribution < 1.29 is 14.3 Å². The number of para-hydroxylation sites is 1. The Bertz CT molecular complexity index is 757. The SMILES string of the molecule is COC(=O)c1cc2ccccc2n1COCCCCCCCCCCCC(C)(C)C. The maximum Gasteiger partial charge on any atom is 0.354 e. The molecule has 4 nitrogen and oxygen atoms in total. The zero-order valence-corrected chi connectivity index (χ0v) is 19.5. The highest BCUT2D eigenvalue weighted by Gasteiger charge is 2.15. The lowest BCUT2D eigenvalue weighted by molar-refractivity contribution is 0.0527. The number of aromatic nitrogens is 1. The monoisotopic (exact) mass is 415 g/mol. The molecule has 0 spiro atoms. The molecule has 0 aliphatic heterocycles. The number of unbranched alkanes of at least 4 members (excludes halogenated alkanes) is 8. The number of hydrogen-bond donors (Lipinski definition) is 0. The number of benzene rings is 1. The van der Waals surface area contributed by atoms with Gasteiger partial charge in [-0.3, -0.25) is 0 Å². The fraction of sp³-hybridized carbons (Fsp3) is 0.654. The Kier molecular flexibility index (Phi) is 10.4. The van der Waals surface area contributed by atoms with E-state index >= 15 is 0 Å². The van der Waals surface area contributed by atoms with Gasteiger partial charge >= 0.3 is 5.97 Å². The lowest BCUT2D eigenvalue weighted by Crippen LogP contribution is -2.12. The van der Waals surface area contributed by atoms with Gasteiger partial charge in [0.25, 0.3) is 0 Å². The van der Waals surface area contributed by atoms with E-state index in [1.807, 2.05) is 34.9 Å². The molecular weight excluding hydrogens is 374 g/mol. The first-order chi connectivity index (χ1) is 14.4. The van der Waals surface area contributed by atoms with Crippen LogP contribution in [-0.2, 0) is 16.2 Å². The minimum Gasteiger partial charge on any atom is -0.464 e. The van der Waals surface area contributed by atoms with E-state index in [0.717, 1.165) is 23.9 Å². The van der Waals surface area contributed by atoms with E-state index in [2.05, 4.69) is 20.8 Å². The second-order valence-electron chi connectivity index (χ2n) is 9.54. The molecule has 0 N–H and O–H groups in total. The third-order valence-corrected chi connectivity index (χ3v) is 5.64. The van der Waals surface area contributed by atoms with Crippen LogP contribution in [0, 0.1) is 5.41 Å². The number of esters is 1. The van der Waals surface area contributed by atoms with E-state index in [1.54, 1.807) is 0 Å². The van der Waals surface area contributed by atoms with Crippen molar-refractivity contribution in [3.8, 4) is 0 Å². The van der Waals surface area contributed by atoms with Crippen LogP contribution < -0.4 is 0 Å². The summed E-state index contributed by atoms with van der Waals surface area (Å²) in [6.07, 6.45) is 13.1. The number of nitrogens with zero attached hydrogens (tertiary/aromatic N) is 1. The molecular formula is C26H41NO3. The first-order valence-corrected chi connectivity index (χ1v) is 11.7. The summed E-state index contributed by atoms with van der Waals surface area (Å²) in [6, 6.07) is 9.83. The van der Waals surface area contributed by atoms with Crippen molar-refractivity contribution in [1.29, 1.82) is 0 Å². The van der Waals surface area contributed by atoms with Crippen molar-refractivity contribution in [1.82, 2.24) is 4.57 Å². The van der Waals surface area contributed by atoms with Gasteiger partial charge in [0, 0.05) is 12.0 Å². The highest BCUT2D eigenvalue weighted by molar-refractivity contribution is 5.95. The number of fused-ring (bicyclic) bond motifs is 1. The van der Waals surface area contributed by atoms with Crippen LogP contribution in [0.2, 0.25) is 0 Å². The molecule has 0 aliphatic rings. The molecule has 0 saturated heterocycles. The van der Waals surface area contributed by atoms with Gasteiger partial charge in [-0.25, -0.2) is 4.79 Å². The third kappa shape index (κ3) is 8.51. The number of carbonyl (C=O) groups excluding carboxylic acids is 1. The van der Waals surface area contributed by atoms with Gasteiger partial charge in [-0.15, -0.1) is 0 Å². The Balaban J connectivity index is 1.56. The Hall–Kier alpha value is -1.81. The molecule has 0 unspecified atom stereocenters. The first kappa shape index (κ1) is 24.5. The topological polar surface area (TPSA) is 40.5 Å². The van der Waals surface area contributed by atoms with E-state index in [0.29, 0.717) is 17.8 Å².